The van der Waals surface area contributed by atoms with Gasteiger partial charge in [-0.3, -0.25) is 0 Å². The molecule has 0 heterocycles. The Labute approximate surface area is 161 Å². The van der Waals surface area contributed by atoms with E-state index in [9.17, 15) is 39.5 Å². The summed E-state index contributed by atoms with van der Waals surface area (Å²) in [6, 6.07) is 0. The minimum atomic E-state index is -4.60. The molecule has 0 aromatic rings. The molecule has 0 rings (SSSR count). The summed E-state index contributed by atoms with van der Waals surface area (Å²) in [5, 5.41) is -9.12. The second-order valence-corrected chi connectivity index (χ2v) is 6.19. The standard InChI is InChI=1S/C3H3Cl3F2.C3H3Cl2F3.C3H3ClF4/c2*4-1-2(5)3(6,7)8;4-2(1-5)3(6,7)8/h3*2H,1H2. The van der Waals surface area contributed by atoms with E-state index in [1.165, 1.54) is 0 Å². The average Bonchev–Trinajstić information content (AvgIpc) is 2.42. The molecular weight excluding hydrogens is 492 g/mol. The molecule has 0 N–H and O–H groups in total. The molecule has 0 bridgehead atoms. The third kappa shape index (κ3) is 17.9. The molecule has 0 saturated heterocycles. The van der Waals surface area contributed by atoms with Crippen LogP contribution in [-0.4, -0.2) is 52.3 Å². The maximum atomic E-state index is 11.7. The number of rotatable bonds is 4. The topological polar surface area (TPSA) is 0 Å². The Hall–Kier alpha value is 1.11. The maximum absolute atomic E-state index is 11.7. The molecule has 0 fully saturated rings. The van der Waals surface area contributed by atoms with E-state index in [-0.39, 0.29) is 5.88 Å². The van der Waals surface area contributed by atoms with E-state index < -0.39 is 46.4 Å². The normalized spacial score (nSPS) is 16.1. The molecule has 0 aromatic heterocycles. The molecule has 0 nitrogen and oxygen atoms in total. The first-order valence-corrected chi connectivity index (χ1v) is 8.00. The Balaban J connectivity index is -0.000000276. The van der Waals surface area contributed by atoms with Gasteiger partial charge in [-0.15, -0.1) is 58.0 Å². The third-order valence-electron chi connectivity index (χ3n) is 1.47. The monoisotopic (exact) mass is 498 g/mol. The van der Waals surface area contributed by atoms with E-state index in [2.05, 4.69) is 34.8 Å². The Morgan fingerprint density at radius 1 is 0.625 bits per heavy atom. The van der Waals surface area contributed by atoms with E-state index in [4.69, 9.17) is 34.8 Å². The van der Waals surface area contributed by atoms with Crippen molar-refractivity contribution < 1.29 is 39.5 Å². The highest BCUT2D eigenvalue weighted by Gasteiger charge is 2.38. The van der Waals surface area contributed by atoms with Crippen LogP contribution in [0.3, 0.4) is 0 Å². The van der Waals surface area contributed by atoms with Crippen LogP contribution >= 0.6 is 69.6 Å². The van der Waals surface area contributed by atoms with Gasteiger partial charge in [0.05, 0.1) is 0 Å². The summed E-state index contributed by atoms with van der Waals surface area (Å²) in [4.78, 5) is 0. The summed E-state index contributed by atoms with van der Waals surface area (Å²) in [6.07, 6.45) is -8.96. The number of alkyl halides is 15. The summed E-state index contributed by atoms with van der Waals surface area (Å²) < 4.78 is 101. The fraction of sp³-hybridized carbons (Fsp3) is 1.00. The van der Waals surface area contributed by atoms with E-state index in [0.29, 0.717) is 0 Å². The van der Waals surface area contributed by atoms with E-state index in [0.717, 1.165) is 0 Å². The molecule has 24 heavy (non-hydrogen) atoms. The largest absolute Gasteiger partial charge is 0.407 e. The number of hydrogen-bond donors (Lipinski definition) is 0. The summed E-state index contributed by atoms with van der Waals surface area (Å²) in [5.41, 5.74) is 0. The fourth-order valence-electron chi connectivity index (χ4n) is 0.262. The smallest absolute Gasteiger partial charge is 0.249 e. The lowest BCUT2D eigenvalue weighted by molar-refractivity contribution is -0.133. The molecule has 3 unspecified atom stereocenters. The van der Waals surface area contributed by atoms with Crippen molar-refractivity contribution in [2.24, 2.45) is 0 Å². The first-order chi connectivity index (χ1) is 10.4. The highest BCUT2D eigenvalue weighted by Crippen LogP contribution is 2.28. The van der Waals surface area contributed by atoms with Crippen molar-refractivity contribution in [3.8, 4) is 0 Å². The van der Waals surface area contributed by atoms with Crippen LogP contribution in [0.1, 0.15) is 0 Å². The Kier molecular flexibility index (Phi) is 16.6. The number of halogens is 15. The van der Waals surface area contributed by atoms with Crippen molar-refractivity contribution in [3.63, 3.8) is 0 Å². The second kappa shape index (κ2) is 13.3. The summed E-state index contributed by atoms with van der Waals surface area (Å²) in [6.45, 7) is -1.56. The van der Waals surface area contributed by atoms with Gasteiger partial charge >= 0.3 is 17.7 Å². The van der Waals surface area contributed by atoms with Crippen LogP contribution in [0.25, 0.3) is 0 Å². The molecule has 0 saturated carbocycles. The van der Waals surface area contributed by atoms with Crippen molar-refractivity contribution in [1.29, 1.82) is 0 Å². The predicted molar refractivity (Wildman–Crippen MR) is 79.2 cm³/mol. The van der Waals surface area contributed by atoms with Crippen LogP contribution in [0, 0.1) is 0 Å². The predicted octanol–water partition coefficient (Wildman–Crippen LogP) is 7.18. The molecule has 0 aliphatic heterocycles. The highest BCUT2D eigenvalue weighted by molar-refractivity contribution is 6.34. The number of hydrogen-bond acceptors (Lipinski definition) is 0. The van der Waals surface area contributed by atoms with Gasteiger partial charge in [-0.2, -0.15) is 35.1 Å². The molecular formula is C9H9Cl6F9. The van der Waals surface area contributed by atoms with Gasteiger partial charge in [-0.05, 0) is 11.6 Å². The first-order valence-electron chi connectivity index (χ1n) is 5.25. The SMILES string of the molecule is FC(F)(Cl)C(Cl)CCl.FC(F)(F)C(Cl)CCl.FCC(Cl)C(F)(F)F. The third-order valence-corrected chi connectivity index (χ3v) is 3.97. The van der Waals surface area contributed by atoms with Crippen LogP contribution in [0.5, 0.6) is 0 Å². The zero-order chi connectivity index (χ0) is 20.4. The minimum Gasteiger partial charge on any atom is -0.249 e. The summed E-state index contributed by atoms with van der Waals surface area (Å²) in [5.74, 6) is -0.941. The Morgan fingerprint density at radius 2 is 0.917 bits per heavy atom. The maximum Gasteiger partial charge on any atom is 0.407 e. The van der Waals surface area contributed by atoms with Crippen molar-refractivity contribution >= 4 is 69.6 Å². The zero-order valence-corrected chi connectivity index (χ0v) is 15.6. The Morgan fingerprint density at radius 3 is 0.917 bits per heavy atom. The van der Waals surface area contributed by atoms with Crippen LogP contribution in [0.15, 0.2) is 0 Å². The second-order valence-electron chi connectivity index (χ2n) is 3.49. The van der Waals surface area contributed by atoms with Crippen LogP contribution < -0.4 is 0 Å². The van der Waals surface area contributed by atoms with Crippen molar-refractivity contribution in [1.82, 2.24) is 0 Å². The van der Waals surface area contributed by atoms with Gasteiger partial charge in [0, 0.05) is 11.8 Å². The molecule has 0 aromatic carbocycles. The van der Waals surface area contributed by atoms with Crippen molar-refractivity contribution in [2.75, 3.05) is 18.4 Å². The van der Waals surface area contributed by atoms with E-state index in [1.807, 2.05) is 0 Å². The minimum absolute atomic E-state index is 0.349. The van der Waals surface area contributed by atoms with Crippen molar-refractivity contribution in [2.45, 2.75) is 33.9 Å². The van der Waals surface area contributed by atoms with E-state index in [1.54, 1.807) is 0 Å². The van der Waals surface area contributed by atoms with E-state index >= 15 is 0 Å². The molecule has 0 aliphatic carbocycles. The fourth-order valence-corrected chi connectivity index (χ4v) is 0.787. The highest BCUT2D eigenvalue weighted by atomic mass is 35.5. The Bertz CT molecular complexity index is 256. The molecule has 0 aliphatic rings. The van der Waals surface area contributed by atoms with Crippen LogP contribution in [-0.2, 0) is 0 Å². The van der Waals surface area contributed by atoms with Gasteiger partial charge in [0.25, 0.3) is 0 Å². The molecule has 150 valence electrons. The quantitative estimate of drug-likeness (QED) is 0.283. The van der Waals surface area contributed by atoms with Gasteiger partial charge in [-0.25, -0.2) is 4.39 Å². The molecule has 0 spiro atoms. The lowest BCUT2D eigenvalue weighted by atomic mass is 10.5. The van der Waals surface area contributed by atoms with Crippen LogP contribution in [0.2, 0.25) is 0 Å². The zero-order valence-electron chi connectivity index (χ0n) is 11.0. The van der Waals surface area contributed by atoms with Gasteiger partial charge < -0.3 is 0 Å². The first kappa shape index (κ1) is 29.9. The summed E-state index contributed by atoms with van der Waals surface area (Å²) in [7, 11) is 0. The molecule has 0 amide bonds. The average molecular weight is 501 g/mol. The summed E-state index contributed by atoms with van der Waals surface area (Å²) >= 11 is 28.2. The van der Waals surface area contributed by atoms with Gasteiger partial charge in [0.2, 0.25) is 0 Å². The van der Waals surface area contributed by atoms with Gasteiger partial charge in [0.15, 0.2) is 5.38 Å². The van der Waals surface area contributed by atoms with Crippen molar-refractivity contribution in [3.05, 3.63) is 0 Å². The lowest BCUT2D eigenvalue weighted by Gasteiger charge is -2.10. The van der Waals surface area contributed by atoms with Gasteiger partial charge in [0.1, 0.15) is 17.4 Å². The van der Waals surface area contributed by atoms with Gasteiger partial charge in [-0.1, -0.05) is 0 Å². The molecule has 0 radical (unpaired) electrons. The van der Waals surface area contributed by atoms with Crippen LogP contribution in [0.4, 0.5) is 39.5 Å². The molecule has 3 atom stereocenters. The molecule has 15 heteroatoms. The lowest BCUT2D eigenvalue weighted by Crippen LogP contribution is -2.24.